The molecule has 1 aliphatic carbocycles. The molecule has 1 heterocycles. The van der Waals surface area contributed by atoms with Crippen LogP contribution in [0.4, 0.5) is 4.79 Å². The minimum Gasteiger partial charge on any atom is -0.462 e. The van der Waals surface area contributed by atoms with Crippen molar-refractivity contribution in [1.29, 1.82) is 0 Å². The number of benzene rings is 2. The van der Waals surface area contributed by atoms with Gasteiger partial charge >= 0.3 is 12.1 Å². The van der Waals surface area contributed by atoms with Gasteiger partial charge in [0.1, 0.15) is 19.3 Å². The molecule has 1 aliphatic heterocycles. The Balaban J connectivity index is 1.35. The van der Waals surface area contributed by atoms with E-state index in [2.05, 4.69) is 28.1 Å². The highest BCUT2D eigenvalue weighted by Crippen LogP contribution is 2.44. The SMILES string of the molecule is CC1(C)COC(=O)C(NC(=O)OCC2c3ccccc3-c3ccccc32)CCC=CCC(CC(=O)NCCOCCO)C(=O)N1. The molecule has 0 bridgehead atoms. The summed E-state index contributed by atoms with van der Waals surface area (Å²) in [5, 5.41) is 17.1. The minimum absolute atomic E-state index is 0.0298. The normalized spacial score (nSPS) is 19.9. The van der Waals surface area contributed by atoms with Gasteiger partial charge in [-0.3, -0.25) is 9.59 Å². The van der Waals surface area contributed by atoms with Crippen molar-refractivity contribution in [2.24, 2.45) is 5.92 Å². The standard InChI is InChI=1S/C34H43N3O8/c1-34(2)22-45-32(41)29(15-5-3-4-10-23(31(40)37-34)20-30(39)35-16-18-43-19-17-38)36-33(42)44-21-28-26-13-8-6-11-24(26)25-12-7-9-14-27(25)28/h3-4,6-9,11-14,23,28-29,38H,5,10,15-22H2,1-2H3,(H,35,39)(H,36,42)(H,37,40). The van der Waals surface area contributed by atoms with E-state index in [1.807, 2.05) is 48.6 Å². The van der Waals surface area contributed by atoms with E-state index >= 15 is 0 Å². The van der Waals surface area contributed by atoms with Crippen LogP contribution in [0.25, 0.3) is 11.1 Å². The van der Waals surface area contributed by atoms with Crippen LogP contribution in [0.1, 0.15) is 56.6 Å². The Hall–Kier alpha value is -4.22. The zero-order chi connectivity index (χ0) is 32.2. The van der Waals surface area contributed by atoms with Gasteiger partial charge in [0.05, 0.1) is 31.3 Å². The third-order valence-corrected chi connectivity index (χ3v) is 7.77. The summed E-state index contributed by atoms with van der Waals surface area (Å²) >= 11 is 0. The highest BCUT2D eigenvalue weighted by Gasteiger charge is 2.32. The van der Waals surface area contributed by atoms with Gasteiger partial charge in [-0.1, -0.05) is 60.7 Å². The molecule has 2 unspecified atom stereocenters. The predicted molar refractivity (Wildman–Crippen MR) is 167 cm³/mol. The van der Waals surface area contributed by atoms with Crippen molar-refractivity contribution < 1.29 is 38.5 Å². The van der Waals surface area contributed by atoms with Crippen LogP contribution in [0.2, 0.25) is 0 Å². The molecule has 242 valence electrons. The van der Waals surface area contributed by atoms with Crippen LogP contribution in [0, 0.1) is 5.92 Å². The Bertz CT molecular complexity index is 1330. The number of fused-ring (bicyclic) bond motifs is 3. The first-order valence-corrected chi connectivity index (χ1v) is 15.4. The second-order valence-corrected chi connectivity index (χ2v) is 11.9. The van der Waals surface area contributed by atoms with Gasteiger partial charge in [0.2, 0.25) is 11.8 Å². The average Bonchev–Trinajstić information content (AvgIpc) is 3.34. The number of allylic oxidation sites excluding steroid dienone is 2. The van der Waals surface area contributed by atoms with Crippen molar-refractivity contribution in [2.75, 3.05) is 39.6 Å². The van der Waals surface area contributed by atoms with E-state index in [1.165, 1.54) is 0 Å². The number of aliphatic hydroxyl groups excluding tert-OH is 1. The molecule has 11 heteroatoms. The molecule has 0 radical (unpaired) electrons. The Morgan fingerprint density at radius 1 is 1.02 bits per heavy atom. The molecule has 3 amide bonds. The van der Waals surface area contributed by atoms with Gasteiger partial charge in [0, 0.05) is 18.9 Å². The largest absolute Gasteiger partial charge is 0.462 e. The number of alkyl carbamates (subject to hydrolysis) is 1. The molecule has 2 aromatic rings. The lowest BCUT2D eigenvalue weighted by atomic mass is 9.97. The van der Waals surface area contributed by atoms with Gasteiger partial charge < -0.3 is 35.3 Å². The monoisotopic (exact) mass is 621 g/mol. The molecule has 0 fully saturated rings. The molecule has 2 aliphatic rings. The molecule has 11 nitrogen and oxygen atoms in total. The molecular formula is C34H43N3O8. The van der Waals surface area contributed by atoms with Crippen LogP contribution < -0.4 is 16.0 Å². The van der Waals surface area contributed by atoms with E-state index in [0.717, 1.165) is 22.3 Å². The number of carbonyl (C=O) groups excluding carboxylic acids is 4. The second-order valence-electron chi connectivity index (χ2n) is 11.9. The molecule has 4 N–H and O–H groups in total. The van der Waals surface area contributed by atoms with Crippen molar-refractivity contribution >= 4 is 23.9 Å². The number of cyclic esters (lactones) is 1. The van der Waals surface area contributed by atoms with E-state index < -0.39 is 29.6 Å². The summed E-state index contributed by atoms with van der Waals surface area (Å²) in [5.41, 5.74) is 3.49. The fourth-order valence-corrected chi connectivity index (χ4v) is 5.50. The summed E-state index contributed by atoms with van der Waals surface area (Å²) in [6.45, 7) is 4.04. The van der Waals surface area contributed by atoms with Crippen molar-refractivity contribution in [2.45, 2.75) is 57.0 Å². The maximum Gasteiger partial charge on any atom is 0.407 e. The Morgan fingerprint density at radius 2 is 1.71 bits per heavy atom. The first-order valence-electron chi connectivity index (χ1n) is 15.4. The number of esters is 1. The topological polar surface area (TPSA) is 152 Å². The first kappa shape index (κ1) is 33.7. The molecule has 4 rings (SSSR count). The number of rotatable bonds is 10. The predicted octanol–water partition coefficient (Wildman–Crippen LogP) is 3.20. The number of amides is 3. The molecule has 2 atom stereocenters. The number of aliphatic hydroxyl groups is 1. The van der Waals surface area contributed by atoms with Gasteiger partial charge in [-0.2, -0.15) is 0 Å². The molecule has 45 heavy (non-hydrogen) atoms. The number of hydrogen-bond donors (Lipinski definition) is 4. The summed E-state index contributed by atoms with van der Waals surface area (Å²) in [6.07, 6.45) is 3.89. The molecule has 0 spiro atoms. The molecule has 0 saturated heterocycles. The Morgan fingerprint density at radius 3 is 2.40 bits per heavy atom. The third kappa shape index (κ3) is 9.63. The fraction of sp³-hybridized carbons (Fsp3) is 0.471. The summed E-state index contributed by atoms with van der Waals surface area (Å²) in [7, 11) is 0. The van der Waals surface area contributed by atoms with E-state index in [9.17, 15) is 19.2 Å². The third-order valence-electron chi connectivity index (χ3n) is 7.77. The van der Waals surface area contributed by atoms with E-state index in [-0.39, 0.29) is 70.2 Å². The maximum absolute atomic E-state index is 13.1. The maximum atomic E-state index is 13.1. The van der Waals surface area contributed by atoms with Crippen molar-refractivity contribution in [3.05, 3.63) is 71.8 Å². The zero-order valence-electron chi connectivity index (χ0n) is 25.9. The lowest BCUT2D eigenvalue weighted by molar-refractivity contribution is -0.149. The Kier molecular flexibility index (Phi) is 12.1. The number of carbonyl (C=O) groups is 4. The Labute approximate surface area is 263 Å². The highest BCUT2D eigenvalue weighted by atomic mass is 16.6. The van der Waals surface area contributed by atoms with E-state index in [0.29, 0.717) is 12.8 Å². The van der Waals surface area contributed by atoms with Crippen molar-refractivity contribution in [1.82, 2.24) is 16.0 Å². The smallest absolute Gasteiger partial charge is 0.407 e. The molecular weight excluding hydrogens is 578 g/mol. The van der Waals surface area contributed by atoms with E-state index in [4.69, 9.17) is 19.3 Å². The van der Waals surface area contributed by atoms with Crippen LogP contribution in [-0.2, 0) is 28.6 Å². The number of hydrogen-bond acceptors (Lipinski definition) is 8. The highest BCUT2D eigenvalue weighted by molar-refractivity contribution is 5.86. The van der Waals surface area contributed by atoms with Crippen molar-refractivity contribution in [3.63, 3.8) is 0 Å². The molecule has 0 saturated carbocycles. The number of nitrogens with one attached hydrogen (secondary N) is 3. The summed E-state index contributed by atoms with van der Waals surface area (Å²) in [4.78, 5) is 51.6. The summed E-state index contributed by atoms with van der Waals surface area (Å²) < 4.78 is 16.3. The first-order chi connectivity index (χ1) is 21.7. The quantitative estimate of drug-likeness (QED) is 0.179. The fourth-order valence-electron chi connectivity index (χ4n) is 5.50. The lowest BCUT2D eigenvalue weighted by Crippen LogP contribution is -2.51. The molecule has 2 aromatic carbocycles. The van der Waals surface area contributed by atoms with Crippen LogP contribution in [0.15, 0.2) is 60.7 Å². The van der Waals surface area contributed by atoms with Crippen LogP contribution in [0.3, 0.4) is 0 Å². The van der Waals surface area contributed by atoms with E-state index in [1.54, 1.807) is 13.8 Å². The second kappa shape index (κ2) is 16.2. The summed E-state index contributed by atoms with van der Waals surface area (Å²) in [5.74, 6) is -2.00. The van der Waals surface area contributed by atoms with Crippen molar-refractivity contribution in [3.8, 4) is 11.1 Å². The minimum atomic E-state index is -0.952. The zero-order valence-corrected chi connectivity index (χ0v) is 25.9. The number of ether oxygens (including phenoxy) is 3. The average molecular weight is 622 g/mol. The lowest BCUT2D eigenvalue weighted by Gasteiger charge is -2.28. The summed E-state index contributed by atoms with van der Waals surface area (Å²) in [6, 6.07) is 15.1. The molecule has 0 aromatic heterocycles. The van der Waals surface area contributed by atoms with Crippen LogP contribution >= 0.6 is 0 Å². The van der Waals surface area contributed by atoms with Crippen LogP contribution in [0.5, 0.6) is 0 Å². The van der Waals surface area contributed by atoms with Gasteiger partial charge in [-0.15, -0.1) is 0 Å². The van der Waals surface area contributed by atoms with Gasteiger partial charge in [0.25, 0.3) is 0 Å². The van der Waals surface area contributed by atoms with Gasteiger partial charge in [0.15, 0.2) is 0 Å². The van der Waals surface area contributed by atoms with Gasteiger partial charge in [-0.05, 0) is 55.4 Å². The van der Waals surface area contributed by atoms with Gasteiger partial charge in [-0.25, -0.2) is 9.59 Å². The van der Waals surface area contributed by atoms with Crippen LogP contribution in [-0.4, -0.2) is 80.1 Å².